The molecular weight excluding hydrogens is 560 g/mol. The molecule has 0 aliphatic heterocycles. The average molecular weight is 579 g/mol. The normalized spacial score (nSPS) is 14.5. The summed E-state index contributed by atoms with van der Waals surface area (Å²) in [6.07, 6.45) is -2.76. The Labute approximate surface area is 209 Å². The second-order valence-corrected chi connectivity index (χ2v) is 8.63. The highest BCUT2D eigenvalue weighted by atomic mass is 79.9. The van der Waals surface area contributed by atoms with Gasteiger partial charge in [0.1, 0.15) is 23.9 Å². The Morgan fingerprint density at radius 1 is 1.19 bits per heavy atom. The van der Waals surface area contributed by atoms with Crippen LogP contribution in [0.1, 0.15) is 25.0 Å². The summed E-state index contributed by atoms with van der Waals surface area (Å²) < 4.78 is 70.0. The number of halogens is 5. The quantitative estimate of drug-likeness (QED) is 0.269. The van der Waals surface area contributed by atoms with Crippen molar-refractivity contribution in [1.82, 2.24) is 9.13 Å². The summed E-state index contributed by atoms with van der Waals surface area (Å²) in [6, 6.07) is 1.90. The maximum Gasteiger partial charge on any atom is 0.431 e. The number of nitrogens with zero attached hydrogens (tertiary/aromatic N) is 2. The minimum atomic E-state index is -4.99. The second-order valence-electron chi connectivity index (χ2n) is 7.77. The smallest absolute Gasteiger partial charge is 0.431 e. The molecule has 1 aliphatic carbocycles. The van der Waals surface area contributed by atoms with E-state index >= 15 is 0 Å². The van der Waals surface area contributed by atoms with E-state index in [0.717, 1.165) is 19.2 Å². The lowest BCUT2D eigenvalue weighted by molar-refractivity contribution is -0.176. The van der Waals surface area contributed by atoms with E-state index in [1.54, 1.807) is 0 Å². The molecule has 0 radical (unpaired) electrons. The van der Waals surface area contributed by atoms with Crippen LogP contribution >= 0.6 is 15.9 Å². The lowest BCUT2D eigenvalue weighted by atomic mass is 9.80. The third-order valence-electron chi connectivity index (χ3n) is 5.37. The molecule has 1 aliphatic rings. The first kappa shape index (κ1) is 27.2. The van der Waals surface area contributed by atoms with Crippen molar-refractivity contribution in [2.75, 3.05) is 13.2 Å². The predicted molar refractivity (Wildman–Crippen MR) is 119 cm³/mol. The van der Waals surface area contributed by atoms with Crippen LogP contribution in [0.3, 0.4) is 0 Å². The molecule has 0 N–H and O–H groups in total. The van der Waals surface area contributed by atoms with Gasteiger partial charge in [0.25, 0.3) is 5.56 Å². The van der Waals surface area contributed by atoms with Gasteiger partial charge in [0.15, 0.2) is 6.61 Å². The van der Waals surface area contributed by atoms with E-state index in [-0.39, 0.29) is 44.9 Å². The van der Waals surface area contributed by atoms with Crippen molar-refractivity contribution >= 4 is 27.9 Å². The molecule has 1 aromatic carbocycles. The molecule has 0 saturated heterocycles. The third kappa shape index (κ3) is 5.37. The molecule has 0 spiro atoms. The first-order valence-electron chi connectivity index (χ1n) is 10.3. The lowest BCUT2D eigenvalue weighted by Gasteiger charge is -2.39. The zero-order valence-corrected chi connectivity index (χ0v) is 20.3. The van der Waals surface area contributed by atoms with Gasteiger partial charge in [-0.15, -0.1) is 0 Å². The van der Waals surface area contributed by atoms with Crippen LogP contribution in [0.2, 0.25) is 0 Å². The molecule has 1 aromatic heterocycles. The van der Waals surface area contributed by atoms with E-state index in [4.69, 9.17) is 14.2 Å². The summed E-state index contributed by atoms with van der Waals surface area (Å²) in [6.45, 7) is 2.61. The second kappa shape index (κ2) is 10.3. The molecule has 0 unspecified atom stereocenters. The zero-order valence-electron chi connectivity index (χ0n) is 18.7. The van der Waals surface area contributed by atoms with Crippen molar-refractivity contribution in [1.29, 1.82) is 0 Å². The molecule has 9 nitrogen and oxygen atoms in total. The number of alkyl halides is 3. The van der Waals surface area contributed by atoms with Gasteiger partial charge in [0.05, 0.1) is 10.2 Å². The summed E-state index contributed by atoms with van der Waals surface area (Å²) >= 11 is 3.07. The van der Waals surface area contributed by atoms with Gasteiger partial charge in [-0.3, -0.25) is 9.36 Å². The van der Waals surface area contributed by atoms with Gasteiger partial charge < -0.3 is 14.2 Å². The summed E-state index contributed by atoms with van der Waals surface area (Å²) in [5, 5.41) is 0. The first-order chi connectivity index (χ1) is 16.8. The van der Waals surface area contributed by atoms with E-state index in [1.807, 2.05) is 0 Å². The lowest BCUT2D eigenvalue weighted by Crippen LogP contribution is -2.52. The SMILES string of the molecule is C=CCOC(=O)COC(=O)C1(Oc2cc(-n3c(=O)cc(C(F)(F)F)n(C)c3=O)c(F)cc2Br)CCC1. The van der Waals surface area contributed by atoms with Crippen molar-refractivity contribution in [3.05, 3.63) is 67.7 Å². The molecule has 1 fully saturated rings. The minimum absolute atomic E-state index is 0.00926. The molecule has 1 saturated carbocycles. The van der Waals surface area contributed by atoms with Crippen LogP contribution in [0.25, 0.3) is 5.69 Å². The average Bonchev–Trinajstić information content (AvgIpc) is 2.77. The molecule has 14 heteroatoms. The van der Waals surface area contributed by atoms with Crippen LogP contribution in [0.5, 0.6) is 5.75 Å². The number of hydrogen-bond donors (Lipinski definition) is 0. The van der Waals surface area contributed by atoms with E-state index in [1.165, 1.54) is 6.08 Å². The van der Waals surface area contributed by atoms with Gasteiger partial charge in [-0.25, -0.2) is 23.3 Å². The van der Waals surface area contributed by atoms with E-state index in [2.05, 4.69) is 22.5 Å². The highest BCUT2D eigenvalue weighted by molar-refractivity contribution is 9.10. The Balaban J connectivity index is 1.96. The number of ether oxygens (including phenoxy) is 3. The highest BCUT2D eigenvalue weighted by Crippen LogP contribution is 2.41. The van der Waals surface area contributed by atoms with Crippen LogP contribution in [0.15, 0.2) is 44.9 Å². The fraction of sp³-hybridized carbons (Fsp3) is 0.364. The van der Waals surface area contributed by atoms with Gasteiger partial charge in [-0.2, -0.15) is 13.2 Å². The summed E-state index contributed by atoms with van der Waals surface area (Å²) in [5.74, 6) is -3.03. The number of aromatic nitrogens is 2. The predicted octanol–water partition coefficient (Wildman–Crippen LogP) is 3.03. The monoisotopic (exact) mass is 578 g/mol. The first-order valence-corrected chi connectivity index (χ1v) is 11.1. The van der Waals surface area contributed by atoms with Gasteiger partial charge in [-0.1, -0.05) is 12.7 Å². The number of carbonyl (C=O) groups is 2. The van der Waals surface area contributed by atoms with Crippen LogP contribution in [0.4, 0.5) is 17.6 Å². The summed E-state index contributed by atoms with van der Waals surface area (Å²) in [7, 11) is 0.786. The Morgan fingerprint density at radius 3 is 2.42 bits per heavy atom. The van der Waals surface area contributed by atoms with Crippen LogP contribution < -0.4 is 16.0 Å². The van der Waals surface area contributed by atoms with Crippen LogP contribution in [-0.4, -0.2) is 39.9 Å². The topological polar surface area (TPSA) is 106 Å². The Morgan fingerprint density at radius 2 is 1.86 bits per heavy atom. The molecule has 0 amide bonds. The molecule has 1 heterocycles. The molecule has 194 valence electrons. The Bertz CT molecular complexity index is 1330. The van der Waals surface area contributed by atoms with E-state index in [9.17, 15) is 36.7 Å². The molecule has 0 bridgehead atoms. The molecule has 3 rings (SSSR count). The number of benzene rings is 1. The largest absolute Gasteiger partial charge is 0.474 e. The molecule has 0 atom stereocenters. The molecule has 2 aromatic rings. The minimum Gasteiger partial charge on any atom is -0.474 e. The fourth-order valence-corrected chi connectivity index (χ4v) is 3.79. The van der Waals surface area contributed by atoms with Crippen LogP contribution in [-0.2, 0) is 32.3 Å². The molecule has 36 heavy (non-hydrogen) atoms. The zero-order chi connectivity index (χ0) is 26.8. The number of hydrogen-bond acceptors (Lipinski definition) is 7. The Kier molecular flexibility index (Phi) is 7.76. The van der Waals surface area contributed by atoms with Crippen molar-refractivity contribution in [3.63, 3.8) is 0 Å². The van der Waals surface area contributed by atoms with Crippen LogP contribution in [0, 0.1) is 5.82 Å². The van der Waals surface area contributed by atoms with Gasteiger partial charge in [0.2, 0.25) is 5.60 Å². The summed E-state index contributed by atoms with van der Waals surface area (Å²) in [4.78, 5) is 49.2. The maximum absolute atomic E-state index is 14.8. The third-order valence-corrected chi connectivity index (χ3v) is 5.99. The van der Waals surface area contributed by atoms with Crippen molar-refractivity contribution in [3.8, 4) is 11.4 Å². The van der Waals surface area contributed by atoms with E-state index < -0.39 is 58.8 Å². The van der Waals surface area contributed by atoms with Gasteiger partial charge >= 0.3 is 23.8 Å². The van der Waals surface area contributed by atoms with Crippen molar-refractivity contribution in [2.45, 2.75) is 31.0 Å². The summed E-state index contributed by atoms with van der Waals surface area (Å²) in [5.41, 5.74) is -6.62. The number of esters is 2. The number of rotatable bonds is 8. The standard InChI is InChI=1S/C22H19BrF4N2O7/c1-3-7-34-18(31)11-35-19(32)21(5-4-6-21)36-15-9-14(13(24)8-12(15)23)29-17(30)10-16(22(25,26)27)28(2)20(29)33/h3,8-10H,1,4-7,11H2,2H3. The Hall–Kier alpha value is -3.42. The highest BCUT2D eigenvalue weighted by Gasteiger charge is 2.49. The fourth-order valence-electron chi connectivity index (χ4n) is 3.39. The van der Waals surface area contributed by atoms with Crippen molar-refractivity contribution in [2.24, 2.45) is 7.05 Å². The maximum atomic E-state index is 14.8. The van der Waals surface area contributed by atoms with E-state index in [0.29, 0.717) is 6.42 Å². The number of carbonyl (C=O) groups excluding carboxylic acids is 2. The van der Waals surface area contributed by atoms with Crippen molar-refractivity contribution < 1.29 is 41.4 Å². The van der Waals surface area contributed by atoms with Gasteiger partial charge in [-0.05, 0) is 41.3 Å². The molecular formula is C22H19BrF4N2O7. The van der Waals surface area contributed by atoms with Gasteiger partial charge in [0, 0.05) is 19.2 Å².